The van der Waals surface area contributed by atoms with Gasteiger partial charge < -0.3 is 15.6 Å². The predicted octanol–water partition coefficient (Wildman–Crippen LogP) is 0.664. The molecular formula is C16H17N3O3. The summed E-state index contributed by atoms with van der Waals surface area (Å²) in [5, 5.41) is 2.38. The van der Waals surface area contributed by atoms with Crippen molar-refractivity contribution in [1.29, 1.82) is 0 Å². The maximum atomic E-state index is 12.4. The number of aryl methyl sites for hydroxylation is 1. The number of rotatable bonds is 4. The zero-order chi connectivity index (χ0) is 16.3. The molecule has 0 fully saturated rings. The first-order chi connectivity index (χ1) is 10.4. The summed E-state index contributed by atoms with van der Waals surface area (Å²) in [4.78, 5) is 35.6. The van der Waals surface area contributed by atoms with Gasteiger partial charge in [-0.05, 0) is 18.6 Å². The lowest BCUT2D eigenvalue weighted by Crippen LogP contribution is -2.33. The van der Waals surface area contributed by atoms with Crippen molar-refractivity contribution in [2.45, 2.75) is 13.5 Å². The Balaban J connectivity index is 2.54. The first kappa shape index (κ1) is 15.5. The van der Waals surface area contributed by atoms with E-state index < -0.39 is 17.4 Å². The van der Waals surface area contributed by atoms with E-state index in [-0.39, 0.29) is 17.7 Å². The molecule has 2 rings (SSSR count). The van der Waals surface area contributed by atoms with Gasteiger partial charge in [0.2, 0.25) is 5.91 Å². The van der Waals surface area contributed by atoms with Crippen LogP contribution in [-0.4, -0.2) is 23.4 Å². The highest BCUT2D eigenvalue weighted by Crippen LogP contribution is 2.07. The average Bonchev–Trinajstić information content (AvgIpc) is 2.48. The molecule has 0 bridgehead atoms. The fraction of sp³-hybridized carbons (Fsp3) is 0.188. The van der Waals surface area contributed by atoms with Crippen molar-refractivity contribution >= 4 is 11.8 Å². The number of amides is 2. The highest BCUT2D eigenvalue weighted by atomic mass is 16.2. The number of primary amides is 1. The van der Waals surface area contributed by atoms with Gasteiger partial charge in [0.25, 0.3) is 11.5 Å². The van der Waals surface area contributed by atoms with Crippen LogP contribution in [0.2, 0.25) is 0 Å². The molecule has 0 saturated carbocycles. The molecule has 2 aromatic rings. The summed E-state index contributed by atoms with van der Waals surface area (Å²) in [6.07, 6.45) is 1.37. The fourth-order valence-electron chi connectivity index (χ4n) is 2.19. The molecule has 6 nitrogen and oxygen atoms in total. The van der Waals surface area contributed by atoms with Crippen molar-refractivity contribution in [3.8, 4) is 0 Å². The number of carbonyl (C=O) groups is 2. The monoisotopic (exact) mass is 299 g/mol. The Morgan fingerprint density at radius 3 is 2.59 bits per heavy atom. The minimum Gasteiger partial charge on any atom is -0.366 e. The van der Waals surface area contributed by atoms with E-state index in [0.29, 0.717) is 0 Å². The van der Waals surface area contributed by atoms with Crippen LogP contribution in [0.3, 0.4) is 0 Å². The van der Waals surface area contributed by atoms with Gasteiger partial charge in [0.1, 0.15) is 5.56 Å². The van der Waals surface area contributed by atoms with Gasteiger partial charge in [-0.25, -0.2) is 0 Å². The molecule has 0 unspecified atom stereocenters. The van der Waals surface area contributed by atoms with Gasteiger partial charge in [0, 0.05) is 13.2 Å². The van der Waals surface area contributed by atoms with E-state index >= 15 is 0 Å². The van der Waals surface area contributed by atoms with E-state index in [9.17, 15) is 14.4 Å². The van der Waals surface area contributed by atoms with E-state index in [4.69, 9.17) is 5.73 Å². The quantitative estimate of drug-likeness (QED) is 0.868. The lowest BCUT2D eigenvalue weighted by molar-refractivity contribution is 0.0961. The number of pyridine rings is 1. The molecule has 3 N–H and O–H groups in total. The highest BCUT2D eigenvalue weighted by Gasteiger charge is 2.15. The molecule has 1 aromatic carbocycles. The van der Waals surface area contributed by atoms with E-state index in [1.54, 1.807) is 0 Å². The predicted molar refractivity (Wildman–Crippen MR) is 82.9 cm³/mol. The van der Waals surface area contributed by atoms with Crippen LogP contribution in [0, 0.1) is 6.92 Å². The van der Waals surface area contributed by atoms with Gasteiger partial charge in [0.15, 0.2) is 0 Å². The Hall–Kier alpha value is -2.89. The van der Waals surface area contributed by atoms with Gasteiger partial charge in [-0.15, -0.1) is 0 Å². The largest absolute Gasteiger partial charge is 0.366 e. The molecule has 0 saturated heterocycles. The lowest BCUT2D eigenvalue weighted by Gasteiger charge is -2.10. The fourth-order valence-corrected chi connectivity index (χ4v) is 2.19. The minimum absolute atomic E-state index is 0.105. The number of aromatic nitrogens is 1. The van der Waals surface area contributed by atoms with E-state index in [1.165, 1.54) is 23.9 Å². The molecule has 1 aromatic heterocycles. The number of nitrogens with two attached hydrogens (primary N) is 1. The van der Waals surface area contributed by atoms with Gasteiger partial charge in [-0.2, -0.15) is 0 Å². The molecule has 2 amide bonds. The standard InChI is InChI=1S/C16H17N3O3/c1-10-4-3-5-11(6-10)8-19-9-12(14(17)20)7-13(16(19)22)15(21)18-2/h3-7,9H,8H2,1-2H3,(H2,17,20)(H,18,21). The number of nitrogens with zero attached hydrogens (tertiary/aromatic N) is 1. The third kappa shape index (κ3) is 3.22. The molecule has 0 spiro atoms. The van der Waals surface area contributed by atoms with Crippen molar-refractivity contribution in [1.82, 2.24) is 9.88 Å². The Morgan fingerprint density at radius 1 is 1.27 bits per heavy atom. The number of carbonyl (C=O) groups excluding carboxylic acids is 2. The highest BCUT2D eigenvalue weighted by molar-refractivity contribution is 5.98. The van der Waals surface area contributed by atoms with Crippen molar-refractivity contribution in [2.75, 3.05) is 7.05 Å². The summed E-state index contributed by atoms with van der Waals surface area (Å²) in [6.45, 7) is 2.20. The summed E-state index contributed by atoms with van der Waals surface area (Å²) < 4.78 is 1.32. The Morgan fingerprint density at radius 2 is 2.00 bits per heavy atom. The molecule has 0 atom stereocenters. The molecule has 22 heavy (non-hydrogen) atoms. The summed E-state index contributed by atoms with van der Waals surface area (Å²) in [5.74, 6) is -1.24. The van der Waals surface area contributed by atoms with Crippen molar-refractivity contribution < 1.29 is 9.59 Å². The van der Waals surface area contributed by atoms with Crippen LogP contribution >= 0.6 is 0 Å². The van der Waals surface area contributed by atoms with Crippen molar-refractivity contribution in [2.24, 2.45) is 5.73 Å². The maximum Gasteiger partial charge on any atom is 0.263 e. The second kappa shape index (κ2) is 6.26. The Labute approximate surface area is 127 Å². The SMILES string of the molecule is CNC(=O)c1cc(C(N)=O)cn(Cc2cccc(C)c2)c1=O. The second-order valence-electron chi connectivity index (χ2n) is 5.01. The summed E-state index contributed by atoms with van der Waals surface area (Å²) >= 11 is 0. The van der Waals surface area contributed by atoms with Crippen LogP contribution < -0.4 is 16.6 Å². The number of hydrogen-bond donors (Lipinski definition) is 2. The molecule has 0 aliphatic carbocycles. The normalized spacial score (nSPS) is 10.3. The van der Waals surface area contributed by atoms with Crippen LogP contribution in [0.4, 0.5) is 0 Å². The van der Waals surface area contributed by atoms with Gasteiger partial charge in [0.05, 0.1) is 12.1 Å². The topological polar surface area (TPSA) is 94.2 Å². The zero-order valence-corrected chi connectivity index (χ0v) is 12.4. The first-order valence-corrected chi connectivity index (χ1v) is 6.74. The van der Waals surface area contributed by atoms with Crippen LogP contribution in [-0.2, 0) is 6.54 Å². The third-order valence-corrected chi connectivity index (χ3v) is 3.28. The number of hydrogen-bond acceptors (Lipinski definition) is 3. The molecule has 0 aliphatic rings. The molecule has 114 valence electrons. The van der Waals surface area contributed by atoms with Crippen LogP contribution in [0.15, 0.2) is 41.3 Å². The van der Waals surface area contributed by atoms with Gasteiger partial charge >= 0.3 is 0 Å². The van der Waals surface area contributed by atoms with E-state index in [0.717, 1.165) is 11.1 Å². The van der Waals surface area contributed by atoms with Gasteiger partial charge in [-0.3, -0.25) is 14.4 Å². The molecule has 0 aliphatic heterocycles. The summed E-state index contributed by atoms with van der Waals surface area (Å²) in [7, 11) is 1.42. The average molecular weight is 299 g/mol. The Kier molecular flexibility index (Phi) is 4.41. The lowest BCUT2D eigenvalue weighted by atomic mass is 10.1. The van der Waals surface area contributed by atoms with Crippen molar-refractivity contribution in [3.63, 3.8) is 0 Å². The van der Waals surface area contributed by atoms with Crippen LogP contribution in [0.5, 0.6) is 0 Å². The van der Waals surface area contributed by atoms with Gasteiger partial charge in [-0.1, -0.05) is 29.8 Å². The van der Waals surface area contributed by atoms with E-state index in [2.05, 4.69) is 5.32 Å². The molecule has 0 radical (unpaired) electrons. The van der Waals surface area contributed by atoms with E-state index in [1.807, 2.05) is 31.2 Å². The first-order valence-electron chi connectivity index (χ1n) is 6.74. The third-order valence-electron chi connectivity index (χ3n) is 3.28. The second-order valence-corrected chi connectivity index (χ2v) is 5.01. The van der Waals surface area contributed by atoms with Crippen molar-refractivity contribution in [3.05, 3.63) is 69.1 Å². The number of nitrogens with one attached hydrogen (secondary N) is 1. The van der Waals surface area contributed by atoms with Crippen LogP contribution in [0.25, 0.3) is 0 Å². The molecule has 6 heteroatoms. The summed E-state index contributed by atoms with van der Waals surface area (Å²) in [6, 6.07) is 8.85. The minimum atomic E-state index is -0.692. The van der Waals surface area contributed by atoms with Crippen LogP contribution in [0.1, 0.15) is 31.8 Å². The number of benzene rings is 1. The molecule has 1 heterocycles. The summed E-state index contributed by atoms with van der Waals surface area (Å²) in [5.41, 5.74) is 6.77. The Bertz CT molecular complexity index is 793. The maximum absolute atomic E-state index is 12.4. The zero-order valence-electron chi connectivity index (χ0n) is 12.4. The molecular weight excluding hydrogens is 282 g/mol. The smallest absolute Gasteiger partial charge is 0.263 e.